The molecular weight excluding hydrogens is 242 g/mol. The Labute approximate surface area is 115 Å². The van der Waals surface area contributed by atoms with Crippen molar-refractivity contribution >= 4 is 0 Å². The van der Waals surface area contributed by atoms with E-state index in [2.05, 4.69) is 22.2 Å². The molecule has 5 nitrogen and oxygen atoms in total. The molecule has 108 valence electrons. The van der Waals surface area contributed by atoms with Crippen molar-refractivity contribution in [2.24, 2.45) is 0 Å². The van der Waals surface area contributed by atoms with Crippen molar-refractivity contribution in [2.75, 3.05) is 26.9 Å². The van der Waals surface area contributed by atoms with Crippen molar-refractivity contribution in [3.8, 4) is 5.88 Å². The van der Waals surface area contributed by atoms with E-state index in [1.54, 1.807) is 19.5 Å². The Morgan fingerprint density at radius 3 is 2.74 bits per heavy atom. The number of hydrogen-bond acceptors (Lipinski definition) is 5. The lowest BCUT2D eigenvalue weighted by Crippen LogP contribution is -2.24. The zero-order chi connectivity index (χ0) is 13.9. The Bertz CT molecular complexity index is 347. The van der Waals surface area contributed by atoms with Gasteiger partial charge in [-0.1, -0.05) is 6.92 Å². The average Bonchev–Trinajstić information content (AvgIpc) is 2.46. The molecular formula is C14H25N3O2. The summed E-state index contributed by atoms with van der Waals surface area (Å²) in [7, 11) is 1.63. The van der Waals surface area contributed by atoms with Gasteiger partial charge in [0.15, 0.2) is 0 Å². The third-order valence-corrected chi connectivity index (χ3v) is 2.84. The van der Waals surface area contributed by atoms with E-state index < -0.39 is 0 Å². The number of aromatic nitrogens is 2. The maximum Gasteiger partial charge on any atom is 0.236 e. The zero-order valence-electron chi connectivity index (χ0n) is 12.2. The molecule has 0 radical (unpaired) electrons. The summed E-state index contributed by atoms with van der Waals surface area (Å²) < 4.78 is 10.7. The zero-order valence-corrected chi connectivity index (χ0v) is 12.2. The standard InChI is InChI=1S/C14H25N3O2/c1-4-8-15-12(7-6-11-19-5-2)13-14(18-3)17-10-9-16-13/h9-10,12,15H,4-8,11H2,1-3H3. The van der Waals surface area contributed by atoms with Crippen molar-refractivity contribution < 1.29 is 9.47 Å². The molecule has 0 aliphatic carbocycles. The number of hydrogen-bond donors (Lipinski definition) is 1. The quantitative estimate of drug-likeness (QED) is 0.659. The van der Waals surface area contributed by atoms with Gasteiger partial charge in [-0.2, -0.15) is 0 Å². The van der Waals surface area contributed by atoms with Crippen molar-refractivity contribution in [1.82, 2.24) is 15.3 Å². The summed E-state index contributed by atoms with van der Waals surface area (Å²) in [6.07, 6.45) is 6.41. The van der Waals surface area contributed by atoms with Crippen LogP contribution in [0.2, 0.25) is 0 Å². The van der Waals surface area contributed by atoms with Crippen LogP contribution in [0, 0.1) is 0 Å². The van der Waals surface area contributed by atoms with Crippen LogP contribution in [0.25, 0.3) is 0 Å². The first-order valence-electron chi connectivity index (χ1n) is 6.99. The fraction of sp³-hybridized carbons (Fsp3) is 0.714. The lowest BCUT2D eigenvalue weighted by molar-refractivity contribution is 0.140. The van der Waals surface area contributed by atoms with E-state index >= 15 is 0 Å². The van der Waals surface area contributed by atoms with Crippen LogP contribution in [0.3, 0.4) is 0 Å². The van der Waals surface area contributed by atoms with Crippen LogP contribution >= 0.6 is 0 Å². The highest BCUT2D eigenvalue weighted by Crippen LogP contribution is 2.23. The van der Waals surface area contributed by atoms with E-state index in [4.69, 9.17) is 9.47 Å². The SMILES string of the molecule is CCCNC(CCCOCC)c1nccnc1OC. The van der Waals surface area contributed by atoms with E-state index in [0.717, 1.165) is 44.7 Å². The normalized spacial score (nSPS) is 12.4. The Morgan fingerprint density at radius 1 is 1.26 bits per heavy atom. The first-order valence-corrected chi connectivity index (χ1v) is 6.99. The highest BCUT2D eigenvalue weighted by Gasteiger charge is 2.17. The number of methoxy groups -OCH3 is 1. The molecule has 0 saturated heterocycles. The molecule has 0 saturated carbocycles. The summed E-state index contributed by atoms with van der Waals surface area (Å²) in [4.78, 5) is 8.63. The Kier molecular flexibility index (Phi) is 8.09. The smallest absolute Gasteiger partial charge is 0.236 e. The van der Waals surface area contributed by atoms with Crippen molar-refractivity contribution in [3.63, 3.8) is 0 Å². The monoisotopic (exact) mass is 267 g/mol. The molecule has 1 aromatic rings. The van der Waals surface area contributed by atoms with Crippen LogP contribution in [-0.4, -0.2) is 36.8 Å². The van der Waals surface area contributed by atoms with Gasteiger partial charge < -0.3 is 14.8 Å². The fourth-order valence-electron chi connectivity index (χ4n) is 1.92. The van der Waals surface area contributed by atoms with E-state index in [-0.39, 0.29) is 6.04 Å². The van der Waals surface area contributed by atoms with Gasteiger partial charge in [0, 0.05) is 25.6 Å². The van der Waals surface area contributed by atoms with Gasteiger partial charge in [-0.05, 0) is 32.7 Å². The van der Waals surface area contributed by atoms with Gasteiger partial charge in [-0.15, -0.1) is 0 Å². The minimum Gasteiger partial charge on any atom is -0.480 e. The first kappa shape index (κ1) is 15.9. The number of nitrogens with one attached hydrogen (secondary N) is 1. The molecule has 5 heteroatoms. The van der Waals surface area contributed by atoms with Crippen molar-refractivity contribution in [3.05, 3.63) is 18.1 Å². The number of nitrogens with zero attached hydrogens (tertiary/aromatic N) is 2. The van der Waals surface area contributed by atoms with Gasteiger partial charge in [0.05, 0.1) is 13.2 Å². The van der Waals surface area contributed by atoms with E-state index in [1.807, 2.05) is 6.92 Å². The molecule has 1 rings (SSSR count). The van der Waals surface area contributed by atoms with Crippen LogP contribution in [0.5, 0.6) is 5.88 Å². The second-order valence-electron chi connectivity index (χ2n) is 4.30. The van der Waals surface area contributed by atoms with Crippen LogP contribution in [0.15, 0.2) is 12.4 Å². The van der Waals surface area contributed by atoms with Crippen LogP contribution < -0.4 is 10.1 Å². The van der Waals surface area contributed by atoms with Crippen LogP contribution in [0.4, 0.5) is 0 Å². The van der Waals surface area contributed by atoms with E-state index in [1.165, 1.54) is 0 Å². The Balaban J connectivity index is 2.65. The molecule has 0 aliphatic rings. The van der Waals surface area contributed by atoms with Crippen LogP contribution in [-0.2, 0) is 4.74 Å². The van der Waals surface area contributed by atoms with Gasteiger partial charge in [0.1, 0.15) is 5.69 Å². The summed E-state index contributed by atoms with van der Waals surface area (Å²) in [5, 5.41) is 3.50. The Morgan fingerprint density at radius 2 is 2.05 bits per heavy atom. The molecule has 19 heavy (non-hydrogen) atoms. The molecule has 0 spiro atoms. The second-order valence-corrected chi connectivity index (χ2v) is 4.30. The molecule has 0 aromatic carbocycles. The lowest BCUT2D eigenvalue weighted by Gasteiger charge is -2.19. The number of ether oxygens (including phenoxy) is 2. The van der Waals surface area contributed by atoms with Gasteiger partial charge in [0.2, 0.25) is 5.88 Å². The van der Waals surface area contributed by atoms with Gasteiger partial charge in [-0.25, -0.2) is 4.98 Å². The van der Waals surface area contributed by atoms with Gasteiger partial charge in [-0.3, -0.25) is 4.98 Å². The van der Waals surface area contributed by atoms with Crippen molar-refractivity contribution in [2.45, 2.75) is 39.2 Å². The maximum atomic E-state index is 5.39. The topological polar surface area (TPSA) is 56.3 Å². The number of rotatable bonds is 10. The minimum absolute atomic E-state index is 0.170. The minimum atomic E-state index is 0.170. The summed E-state index contributed by atoms with van der Waals surface area (Å²) >= 11 is 0. The average molecular weight is 267 g/mol. The summed E-state index contributed by atoms with van der Waals surface area (Å²) in [5.74, 6) is 0.604. The summed E-state index contributed by atoms with van der Waals surface area (Å²) in [5.41, 5.74) is 0.884. The largest absolute Gasteiger partial charge is 0.480 e. The molecule has 1 aromatic heterocycles. The van der Waals surface area contributed by atoms with Crippen LogP contribution in [0.1, 0.15) is 44.8 Å². The van der Waals surface area contributed by atoms with Crippen molar-refractivity contribution in [1.29, 1.82) is 0 Å². The maximum absolute atomic E-state index is 5.39. The highest BCUT2D eigenvalue weighted by atomic mass is 16.5. The van der Waals surface area contributed by atoms with E-state index in [0.29, 0.717) is 5.88 Å². The molecule has 1 heterocycles. The molecule has 1 unspecified atom stereocenters. The molecule has 0 amide bonds. The molecule has 0 fully saturated rings. The molecule has 1 atom stereocenters. The van der Waals surface area contributed by atoms with Gasteiger partial charge >= 0.3 is 0 Å². The highest BCUT2D eigenvalue weighted by molar-refractivity contribution is 5.21. The fourth-order valence-corrected chi connectivity index (χ4v) is 1.92. The molecule has 1 N–H and O–H groups in total. The molecule has 0 bridgehead atoms. The lowest BCUT2D eigenvalue weighted by atomic mass is 10.1. The van der Waals surface area contributed by atoms with E-state index in [9.17, 15) is 0 Å². The summed E-state index contributed by atoms with van der Waals surface area (Å²) in [6.45, 7) is 6.67. The van der Waals surface area contributed by atoms with Gasteiger partial charge in [0.25, 0.3) is 0 Å². The summed E-state index contributed by atoms with van der Waals surface area (Å²) in [6, 6.07) is 0.170. The second kappa shape index (κ2) is 9.69. The first-order chi connectivity index (χ1) is 9.33. The third-order valence-electron chi connectivity index (χ3n) is 2.84. The predicted octanol–water partition coefficient (Wildman–Crippen LogP) is 2.34. The predicted molar refractivity (Wildman–Crippen MR) is 75.3 cm³/mol. The third kappa shape index (κ3) is 5.53. The Hall–Kier alpha value is -1.20. The molecule has 0 aliphatic heterocycles.